The van der Waals surface area contributed by atoms with Crippen LogP contribution in [-0.2, 0) is 4.79 Å². The number of anilines is 1. The van der Waals surface area contributed by atoms with Crippen LogP contribution in [0.2, 0.25) is 0 Å². The molecule has 1 aromatic carbocycles. The molecule has 0 aliphatic carbocycles. The van der Waals surface area contributed by atoms with E-state index in [1.165, 1.54) is 50.5 Å². The summed E-state index contributed by atoms with van der Waals surface area (Å²) in [6.07, 6.45) is 12.1. The summed E-state index contributed by atoms with van der Waals surface area (Å²) in [5, 5.41) is 2.98. The minimum atomic E-state index is 0.118. The Morgan fingerprint density at radius 3 is 2.18 bits per heavy atom. The Morgan fingerprint density at radius 1 is 1.00 bits per heavy atom. The third kappa shape index (κ3) is 8.57. The fraction of sp³-hybridized carbons (Fsp3) is 0.632. The van der Waals surface area contributed by atoms with E-state index in [1.54, 1.807) is 0 Å². The SMILES string of the molecule is CCCCCCCCCCCC(=O)Nc1ccc(C)cc1Br. The number of rotatable bonds is 11. The van der Waals surface area contributed by atoms with E-state index >= 15 is 0 Å². The number of aryl methyl sites for hydroxylation is 1. The van der Waals surface area contributed by atoms with Crippen LogP contribution in [0.1, 0.15) is 76.7 Å². The Bertz CT molecular complexity index is 445. The van der Waals surface area contributed by atoms with Gasteiger partial charge >= 0.3 is 0 Å². The van der Waals surface area contributed by atoms with E-state index in [1.807, 2.05) is 25.1 Å². The minimum Gasteiger partial charge on any atom is -0.325 e. The van der Waals surface area contributed by atoms with E-state index in [0.717, 1.165) is 23.0 Å². The Hall–Kier alpha value is -0.830. The number of halogens is 1. The van der Waals surface area contributed by atoms with Crippen LogP contribution < -0.4 is 5.32 Å². The molecule has 0 saturated heterocycles. The number of benzene rings is 1. The fourth-order valence-corrected chi connectivity index (χ4v) is 3.12. The number of hydrogen-bond acceptors (Lipinski definition) is 1. The molecule has 0 aromatic heterocycles. The summed E-state index contributed by atoms with van der Waals surface area (Å²) in [5.41, 5.74) is 2.05. The summed E-state index contributed by atoms with van der Waals surface area (Å²) in [4.78, 5) is 11.9. The van der Waals surface area contributed by atoms with Gasteiger partial charge in [0.2, 0.25) is 5.91 Å². The molecule has 2 nitrogen and oxygen atoms in total. The quantitative estimate of drug-likeness (QED) is 0.437. The normalized spacial score (nSPS) is 10.7. The van der Waals surface area contributed by atoms with Crippen molar-refractivity contribution in [1.29, 1.82) is 0 Å². The van der Waals surface area contributed by atoms with Gasteiger partial charge in [0.25, 0.3) is 0 Å². The number of unbranched alkanes of at least 4 members (excludes halogenated alkanes) is 8. The highest BCUT2D eigenvalue weighted by Crippen LogP contribution is 2.23. The summed E-state index contributed by atoms with van der Waals surface area (Å²) < 4.78 is 0.952. The lowest BCUT2D eigenvalue weighted by Crippen LogP contribution is -2.11. The van der Waals surface area contributed by atoms with Gasteiger partial charge in [-0.1, -0.05) is 64.4 Å². The molecule has 3 heteroatoms. The van der Waals surface area contributed by atoms with Crippen LogP contribution in [0.15, 0.2) is 22.7 Å². The highest BCUT2D eigenvalue weighted by atomic mass is 79.9. The van der Waals surface area contributed by atoms with Crippen LogP contribution in [0.25, 0.3) is 0 Å². The van der Waals surface area contributed by atoms with Crippen molar-refractivity contribution in [2.75, 3.05) is 5.32 Å². The largest absolute Gasteiger partial charge is 0.325 e. The van der Waals surface area contributed by atoms with Gasteiger partial charge in [-0.2, -0.15) is 0 Å². The van der Waals surface area contributed by atoms with E-state index in [-0.39, 0.29) is 5.91 Å². The lowest BCUT2D eigenvalue weighted by atomic mass is 10.1. The van der Waals surface area contributed by atoms with Gasteiger partial charge in [-0.25, -0.2) is 0 Å². The number of hydrogen-bond donors (Lipinski definition) is 1. The van der Waals surface area contributed by atoms with Crippen molar-refractivity contribution in [3.8, 4) is 0 Å². The first-order chi connectivity index (χ1) is 10.6. The van der Waals surface area contributed by atoms with Crippen LogP contribution in [0, 0.1) is 6.92 Å². The summed E-state index contributed by atoms with van der Waals surface area (Å²) in [6.45, 7) is 4.29. The van der Waals surface area contributed by atoms with Crippen molar-refractivity contribution >= 4 is 27.5 Å². The Kier molecular flexibility index (Phi) is 10.2. The first-order valence-corrected chi connectivity index (χ1v) is 9.48. The third-order valence-electron chi connectivity index (χ3n) is 3.91. The molecular formula is C19H30BrNO. The van der Waals surface area contributed by atoms with Gasteiger partial charge < -0.3 is 5.32 Å². The molecule has 0 heterocycles. The summed E-state index contributed by atoms with van der Waals surface area (Å²) in [7, 11) is 0. The van der Waals surface area contributed by atoms with E-state index in [0.29, 0.717) is 6.42 Å². The smallest absolute Gasteiger partial charge is 0.224 e. The van der Waals surface area contributed by atoms with Crippen molar-refractivity contribution in [1.82, 2.24) is 0 Å². The van der Waals surface area contributed by atoms with Crippen LogP contribution in [0.5, 0.6) is 0 Å². The summed E-state index contributed by atoms with van der Waals surface area (Å²) >= 11 is 3.49. The molecule has 0 spiro atoms. The molecule has 0 radical (unpaired) electrons. The monoisotopic (exact) mass is 367 g/mol. The van der Waals surface area contributed by atoms with E-state index < -0.39 is 0 Å². The summed E-state index contributed by atoms with van der Waals surface area (Å²) in [6, 6.07) is 5.99. The Balaban J connectivity index is 2.06. The molecule has 0 aliphatic heterocycles. The molecule has 0 aliphatic rings. The zero-order valence-electron chi connectivity index (χ0n) is 14.1. The zero-order valence-corrected chi connectivity index (χ0v) is 15.7. The lowest BCUT2D eigenvalue weighted by Gasteiger charge is -2.08. The maximum absolute atomic E-state index is 11.9. The minimum absolute atomic E-state index is 0.118. The molecular weight excluding hydrogens is 338 g/mol. The predicted molar refractivity (Wildman–Crippen MR) is 99.4 cm³/mol. The first kappa shape index (κ1) is 19.2. The molecule has 22 heavy (non-hydrogen) atoms. The number of carbonyl (C=O) groups is 1. The number of amides is 1. The second kappa shape index (κ2) is 11.7. The van der Waals surface area contributed by atoms with E-state index in [4.69, 9.17) is 0 Å². The Labute approximate surface area is 144 Å². The third-order valence-corrected chi connectivity index (χ3v) is 4.56. The van der Waals surface area contributed by atoms with Crippen LogP contribution >= 0.6 is 15.9 Å². The molecule has 1 N–H and O–H groups in total. The van der Waals surface area contributed by atoms with Crippen molar-refractivity contribution in [3.05, 3.63) is 28.2 Å². The van der Waals surface area contributed by atoms with Crippen molar-refractivity contribution in [3.63, 3.8) is 0 Å². The van der Waals surface area contributed by atoms with Crippen molar-refractivity contribution in [2.45, 2.75) is 78.1 Å². The number of carbonyl (C=O) groups excluding carboxylic acids is 1. The topological polar surface area (TPSA) is 29.1 Å². The molecule has 1 aromatic rings. The molecule has 1 amide bonds. The number of nitrogens with one attached hydrogen (secondary N) is 1. The standard InChI is InChI=1S/C19H30BrNO/c1-3-4-5-6-7-8-9-10-11-12-19(22)21-18-14-13-16(2)15-17(18)20/h13-15H,3-12H2,1-2H3,(H,21,22). The second-order valence-electron chi connectivity index (χ2n) is 6.11. The van der Waals surface area contributed by atoms with E-state index in [2.05, 4.69) is 28.2 Å². The fourth-order valence-electron chi connectivity index (χ4n) is 2.53. The zero-order chi connectivity index (χ0) is 16.2. The average molecular weight is 368 g/mol. The molecule has 0 atom stereocenters. The first-order valence-electron chi connectivity index (χ1n) is 8.69. The Morgan fingerprint density at radius 2 is 1.59 bits per heavy atom. The molecule has 0 fully saturated rings. The van der Waals surface area contributed by atoms with E-state index in [9.17, 15) is 4.79 Å². The molecule has 0 bridgehead atoms. The van der Waals surface area contributed by atoms with Gasteiger partial charge in [-0.15, -0.1) is 0 Å². The molecule has 0 unspecified atom stereocenters. The van der Waals surface area contributed by atoms with Gasteiger partial charge in [0.15, 0.2) is 0 Å². The van der Waals surface area contributed by atoms with Gasteiger partial charge in [0.05, 0.1) is 5.69 Å². The van der Waals surface area contributed by atoms with Gasteiger partial charge in [-0.3, -0.25) is 4.79 Å². The highest BCUT2D eigenvalue weighted by Gasteiger charge is 2.05. The second-order valence-corrected chi connectivity index (χ2v) is 6.96. The van der Waals surface area contributed by atoms with Gasteiger partial charge in [0, 0.05) is 10.9 Å². The average Bonchev–Trinajstić information content (AvgIpc) is 2.48. The van der Waals surface area contributed by atoms with Crippen LogP contribution in [0.4, 0.5) is 5.69 Å². The van der Waals surface area contributed by atoms with Gasteiger partial charge in [0.1, 0.15) is 0 Å². The lowest BCUT2D eigenvalue weighted by molar-refractivity contribution is -0.116. The maximum Gasteiger partial charge on any atom is 0.224 e. The molecule has 0 saturated carbocycles. The van der Waals surface area contributed by atoms with Gasteiger partial charge in [-0.05, 0) is 47.0 Å². The van der Waals surface area contributed by atoms with Crippen LogP contribution in [0.3, 0.4) is 0 Å². The van der Waals surface area contributed by atoms with Crippen molar-refractivity contribution < 1.29 is 4.79 Å². The van der Waals surface area contributed by atoms with Crippen LogP contribution in [-0.4, -0.2) is 5.91 Å². The maximum atomic E-state index is 11.9. The summed E-state index contributed by atoms with van der Waals surface area (Å²) in [5.74, 6) is 0.118. The predicted octanol–water partition coefficient (Wildman–Crippen LogP) is 6.62. The highest BCUT2D eigenvalue weighted by molar-refractivity contribution is 9.10. The van der Waals surface area contributed by atoms with Crippen molar-refractivity contribution in [2.24, 2.45) is 0 Å². The molecule has 1 rings (SSSR count). The molecule has 124 valence electrons.